The summed E-state index contributed by atoms with van der Waals surface area (Å²) in [5.41, 5.74) is 6.22. The van der Waals surface area contributed by atoms with Crippen LogP contribution in [0.3, 0.4) is 0 Å². The highest BCUT2D eigenvalue weighted by Gasteiger charge is 2.00. The molecule has 0 aliphatic rings. The summed E-state index contributed by atoms with van der Waals surface area (Å²) in [6.07, 6.45) is 2.91. The van der Waals surface area contributed by atoms with E-state index in [-0.39, 0.29) is 5.71 Å². The van der Waals surface area contributed by atoms with E-state index in [1.54, 1.807) is 6.08 Å². The van der Waals surface area contributed by atoms with E-state index >= 15 is 0 Å². The summed E-state index contributed by atoms with van der Waals surface area (Å²) in [4.78, 5) is 14.3. The summed E-state index contributed by atoms with van der Waals surface area (Å²) in [5.74, 6) is -0.536. The average Bonchev–Trinajstić information content (AvgIpc) is 1.86. The normalized spacial score (nSPS) is 10.5. The highest BCUT2D eigenvalue weighted by molar-refractivity contribution is 6.43. The van der Waals surface area contributed by atoms with Crippen LogP contribution in [0.4, 0.5) is 0 Å². The number of hydrogen-bond acceptors (Lipinski definition) is 2. The number of carbonyl (C=O) groups excluding carboxylic acids is 1. The smallest absolute Gasteiger partial charge is 0.267 e. The maximum Gasteiger partial charge on any atom is 0.267 e. The van der Waals surface area contributed by atoms with Crippen LogP contribution in [0.25, 0.3) is 0 Å². The van der Waals surface area contributed by atoms with Gasteiger partial charge >= 0.3 is 0 Å². The van der Waals surface area contributed by atoms with E-state index in [9.17, 15) is 4.79 Å². The third kappa shape index (κ3) is 4.08. The summed E-state index contributed by atoms with van der Waals surface area (Å²) in [5, 5.41) is 0. The minimum absolute atomic E-state index is 0.236. The van der Waals surface area contributed by atoms with Crippen LogP contribution in [0.1, 0.15) is 13.8 Å². The van der Waals surface area contributed by atoms with Crippen molar-refractivity contribution in [1.29, 1.82) is 0 Å². The molecular formula is C8H12N2O. The Kier molecular flexibility index (Phi) is 3.88. The second kappa shape index (κ2) is 4.44. The number of nitrogens with two attached hydrogens (primary N) is 1. The molecule has 0 aliphatic carbocycles. The molecule has 0 saturated carbocycles. The van der Waals surface area contributed by atoms with Gasteiger partial charge in [0.15, 0.2) is 0 Å². The lowest BCUT2D eigenvalue weighted by molar-refractivity contribution is -0.111. The Bertz CT molecular complexity index is 222. The Balaban J connectivity index is 4.63. The lowest BCUT2D eigenvalue weighted by Crippen LogP contribution is -2.21. The van der Waals surface area contributed by atoms with Crippen LogP contribution in [-0.4, -0.2) is 11.6 Å². The summed E-state index contributed by atoms with van der Waals surface area (Å²) >= 11 is 0. The molecule has 0 unspecified atom stereocenters. The molecule has 0 aromatic rings. The number of carbonyl (C=O) groups is 1. The molecule has 0 radical (unpaired) electrons. The average molecular weight is 152 g/mol. The Labute approximate surface area is 66.3 Å². The Morgan fingerprint density at radius 3 is 2.36 bits per heavy atom. The van der Waals surface area contributed by atoms with Crippen molar-refractivity contribution in [2.75, 3.05) is 0 Å². The van der Waals surface area contributed by atoms with E-state index in [1.807, 2.05) is 13.8 Å². The minimum Gasteiger partial charge on any atom is -0.364 e. The second-order valence-corrected chi connectivity index (χ2v) is 2.28. The summed E-state index contributed by atoms with van der Waals surface area (Å²) in [7, 11) is 0. The van der Waals surface area contributed by atoms with Gasteiger partial charge in [-0.3, -0.25) is 9.79 Å². The summed E-state index contributed by atoms with van der Waals surface area (Å²) < 4.78 is 0. The Hall–Kier alpha value is -1.38. The number of hydrogen-bond donors (Lipinski definition) is 1. The largest absolute Gasteiger partial charge is 0.364 e. The molecule has 0 fully saturated rings. The Morgan fingerprint density at radius 2 is 2.09 bits per heavy atom. The molecule has 11 heavy (non-hydrogen) atoms. The first-order chi connectivity index (χ1) is 5.07. The lowest BCUT2D eigenvalue weighted by atomic mass is 10.2. The first-order valence-electron chi connectivity index (χ1n) is 3.21. The maximum absolute atomic E-state index is 10.6. The number of amides is 1. The van der Waals surface area contributed by atoms with E-state index < -0.39 is 5.91 Å². The zero-order valence-corrected chi connectivity index (χ0v) is 6.79. The minimum atomic E-state index is -0.536. The molecule has 2 N–H and O–H groups in total. The SMILES string of the molecule is C=C/N=C(\C=C(C)C)C(N)=O. The molecule has 0 atom stereocenters. The highest BCUT2D eigenvalue weighted by atomic mass is 16.1. The molecule has 3 nitrogen and oxygen atoms in total. The molecule has 0 heterocycles. The molecule has 0 bridgehead atoms. The first kappa shape index (κ1) is 9.62. The quantitative estimate of drug-likeness (QED) is 0.603. The standard InChI is InChI=1S/C8H12N2O/c1-4-10-7(8(9)11)5-6(2)3/h4-5H,1H2,2-3H3,(H2,9,11)/b10-7+. The molecule has 1 amide bonds. The molecule has 0 spiro atoms. The van der Waals surface area contributed by atoms with Crippen molar-refractivity contribution in [3.63, 3.8) is 0 Å². The Morgan fingerprint density at radius 1 is 1.55 bits per heavy atom. The van der Waals surface area contributed by atoms with Crippen LogP contribution < -0.4 is 5.73 Å². The highest BCUT2D eigenvalue weighted by Crippen LogP contribution is 1.91. The van der Waals surface area contributed by atoms with Crippen molar-refractivity contribution in [2.24, 2.45) is 10.7 Å². The van der Waals surface area contributed by atoms with E-state index in [2.05, 4.69) is 11.6 Å². The molecule has 60 valence electrons. The fourth-order valence-electron chi connectivity index (χ4n) is 0.544. The van der Waals surface area contributed by atoms with Crippen molar-refractivity contribution in [1.82, 2.24) is 0 Å². The molecule has 0 aromatic heterocycles. The van der Waals surface area contributed by atoms with Gasteiger partial charge in [0.05, 0.1) is 0 Å². The van der Waals surface area contributed by atoms with E-state index in [4.69, 9.17) is 5.73 Å². The van der Waals surface area contributed by atoms with Gasteiger partial charge in [0.1, 0.15) is 5.71 Å². The first-order valence-corrected chi connectivity index (χ1v) is 3.21. The summed E-state index contributed by atoms with van der Waals surface area (Å²) in [6.45, 7) is 7.09. The van der Waals surface area contributed by atoms with Gasteiger partial charge in [0, 0.05) is 6.20 Å². The topological polar surface area (TPSA) is 55.4 Å². The molecular weight excluding hydrogens is 140 g/mol. The van der Waals surface area contributed by atoms with Gasteiger partial charge in [-0.1, -0.05) is 12.2 Å². The zero-order chi connectivity index (χ0) is 8.85. The van der Waals surface area contributed by atoms with Crippen molar-refractivity contribution in [2.45, 2.75) is 13.8 Å². The lowest BCUT2D eigenvalue weighted by Gasteiger charge is -1.93. The van der Waals surface area contributed by atoms with E-state index in [1.165, 1.54) is 6.20 Å². The second-order valence-electron chi connectivity index (χ2n) is 2.28. The maximum atomic E-state index is 10.6. The van der Waals surface area contributed by atoms with Crippen LogP contribution in [0, 0.1) is 0 Å². The molecule has 0 aliphatic heterocycles. The summed E-state index contributed by atoms with van der Waals surface area (Å²) in [6, 6.07) is 0. The number of nitrogens with zero attached hydrogens (tertiary/aromatic N) is 1. The van der Waals surface area contributed by atoms with Gasteiger partial charge in [-0.2, -0.15) is 0 Å². The van der Waals surface area contributed by atoms with Crippen molar-refractivity contribution >= 4 is 11.6 Å². The van der Waals surface area contributed by atoms with Gasteiger partial charge in [-0.15, -0.1) is 0 Å². The third-order valence-electron chi connectivity index (χ3n) is 0.908. The van der Waals surface area contributed by atoms with Gasteiger partial charge in [-0.05, 0) is 19.9 Å². The van der Waals surface area contributed by atoms with Crippen molar-refractivity contribution in [3.05, 3.63) is 24.4 Å². The van der Waals surface area contributed by atoms with E-state index in [0.717, 1.165) is 5.57 Å². The van der Waals surface area contributed by atoms with Crippen LogP contribution in [0.15, 0.2) is 29.4 Å². The van der Waals surface area contributed by atoms with Gasteiger partial charge < -0.3 is 5.73 Å². The monoisotopic (exact) mass is 152 g/mol. The van der Waals surface area contributed by atoms with Gasteiger partial charge in [0.25, 0.3) is 5.91 Å². The number of primary amides is 1. The molecule has 3 heteroatoms. The molecule has 0 aromatic carbocycles. The van der Waals surface area contributed by atoms with Crippen molar-refractivity contribution in [3.8, 4) is 0 Å². The number of allylic oxidation sites excluding steroid dienone is 1. The van der Waals surface area contributed by atoms with Crippen molar-refractivity contribution < 1.29 is 4.79 Å². The van der Waals surface area contributed by atoms with Gasteiger partial charge in [-0.25, -0.2) is 0 Å². The fourth-order valence-corrected chi connectivity index (χ4v) is 0.544. The number of aliphatic imine (C=N–C) groups is 1. The predicted octanol–water partition coefficient (Wildman–Crippen LogP) is 1.02. The van der Waals surface area contributed by atoms with Crippen LogP contribution in [-0.2, 0) is 4.79 Å². The van der Waals surface area contributed by atoms with Crippen LogP contribution in [0.2, 0.25) is 0 Å². The van der Waals surface area contributed by atoms with E-state index in [0.29, 0.717) is 0 Å². The number of rotatable bonds is 3. The van der Waals surface area contributed by atoms with Crippen LogP contribution in [0.5, 0.6) is 0 Å². The predicted molar refractivity (Wildman–Crippen MR) is 46.3 cm³/mol. The molecule has 0 rings (SSSR count). The van der Waals surface area contributed by atoms with Gasteiger partial charge in [0.2, 0.25) is 0 Å². The van der Waals surface area contributed by atoms with Crippen LogP contribution >= 0.6 is 0 Å². The zero-order valence-electron chi connectivity index (χ0n) is 6.79. The molecule has 0 saturated heterocycles. The fraction of sp³-hybridized carbons (Fsp3) is 0.250. The third-order valence-corrected chi connectivity index (χ3v) is 0.908.